The Kier molecular flexibility index (Phi) is 7.44. The van der Waals surface area contributed by atoms with E-state index < -0.39 is 6.04 Å². The maximum atomic E-state index is 13.7. The first-order chi connectivity index (χ1) is 14.8. The molecule has 2 aromatic carbocycles. The quantitative estimate of drug-likeness (QED) is 0.738. The van der Waals surface area contributed by atoms with Crippen LogP contribution in [0, 0.1) is 11.7 Å². The summed E-state index contributed by atoms with van der Waals surface area (Å²) < 4.78 is 13.7. The number of rotatable bonds is 7. The fraction of sp³-hybridized carbons (Fsp3) is 0.440. The summed E-state index contributed by atoms with van der Waals surface area (Å²) in [5.41, 5.74) is 2.99. The van der Waals surface area contributed by atoms with E-state index in [9.17, 15) is 14.0 Å². The molecule has 0 aromatic heterocycles. The number of nitrogens with zero attached hydrogens (tertiary/aromatic N) is 2. The molecule has 0 saturated carbocycles. The first-order valence-corrected chi connectivity index (χ1v) is 10.8. The van der Waals surface area contributed by atoms with Gasteiger partial charge in [-0.2, -0.15) is 0 Å². The second-order valence-corrected chi connectivity index (χ2v) is 8.89. The van der Waals surface area contributed by atoms with Crippen molar-refractivity contribution in [1.29, 1.82) is 0 Å². The Bertz CT molecular complexity index is 928. The fourth-order valence-corrected chi connectivity index (χ4v) is 4.11. The second kappa shape index (κ2) is 10.1. The number of hydrogen-bond donors (Lipinski definition) is 1. The minimum absolute atomic E-state index is 0.000979. The lowest BCUT2D eigenvalue weighted by atomic mass is 9.92. The second-order valence-electron chi connectivity index (χ2n) is 8.89. The number of fused-ring (bicyclic) bond motifs is 1. The SMILES string of the molecule is CC(C)CC(=O)N1Cc2ccccc2CC1C(=O)NCC(c1cccc(F)c1)N(C)C. The summed E-state index contributed by atoms with van der Waals surface area (Å²) in [6, 6.07) is 13.7. The molecule has 31 heavy (non-hydrogen) atoms. The molecule has 1 aliphatic heterocycles. The first-order valence-electron chi connectivity index (χ1n) is 10.8. The minimum atomic E-state index is -0.545. The van der Waals surface area contributed by atoms with E-state index in [4.69, 9.17) is 0 Å². The molecule has 0 radical (unpaired) electrons. The molecule has 166 valence electrons. The van der Waals surface area contributed by atoms with Gasteiger partial charge in [-0.05, 0) is 48.8 Å². The van der Waals surface area contributed by atoms with Crippen molar-refractivity contribution >= 4 is 11.8 Å². The van der Waals surface area contributed by atoms with Gasteiger partial charge in [0, 0.05) is 25.9 Å². The van der Waals surface area contributed by atoms with Gasteiger partial charge in [-0.3, -0.25) is 9.59 Å². The molecule has 6 heteroatoms. The predicted octanol–water partition coefficient (Wildman–Crippen LogP) is 3.54. The molecule has 1 heterocycles. The average molecular weight is 426 g/mol. The van der Waals surface area contributed by atoms with Gasteiger partial charge in [0.2, 0.25) is 11.8 Å². The van der Waals surface area contributed by atoms with Crippen molar-refractivity contribution in [1.82, 2.24) is 15.1 Å². The van der Waals surface area contributed by atoms with Crippen molar-refractivity contribution in [2.45, 2.75) is 45.3 Å². The van der Waals surface area contributed by atoms with Gasteiger partial charge in [0.05, 0.1) is 6.04 Å². The number of nitrogens with one attached hydrogen (secondary N) is 1. The maximum absolute atomic E-state index is 13.7. The molecule has 0 fully saturated rings. The van der Waals surface area contributed by atoms with Crippen LogP contribution in [0.4, 0.5) is 4.39 Å². The van der Waals surface area contributed by atoms with Crippen LogP contribution < -0.4 is 5.32 Å². The van der Waals surface area contributed by atoms with Gasteiger partial charge in [-0.25, -0.2) is 4.39 Å². The van der Waals surface area contributed by atoms with E-state index in [1.54, 1.807) is 11.0 Å². The molecule has 3 rings (SSSR count). The van der Waals surface area contributed by atoms with Crippen molar-refractivity contribution < 1.29 is 14.0 Å². The van der Waals surface area contributed by atoms with Gasteiger partial charge in [-0.15, -0.1) is 0 Å². The van der Waals surface area contributed by atoms with Crippen molar-refractivity contribution in [3.63, 3.8) is 0 Å². The lowest BCUT2D eigenvalue weighted by Gasteiger charge is -2.37. The fourth-order valence-electron chi connectivity index (χ4n) is 4.11. The first kappa shape index (κ1) is 22.9. The van der Waals surface area contributed by atoms with E-state index in [0.717, 1.165) is 16.7 Å². The number of halogens is 1. The van der Waals surface area contributed by atoms with Crippen molar-refractivity contribution in [3.8, 4) is 0 Å². The summed E-state index contributed by atoms with van der Waals surface area (Å²) in [5, 5.41) is 3.02. The monoisotopic (exact) mass is 425 g/mol. The van der Waals surface area contributed by atoms with Crippen LogP contribution >= 0.6 is 0 Å². The number of hydrogen-bond acceptors (Lipinski definition) is 3. The number of carbonyl (C=O) groups excluding carboxylic acids is 2. The summed E-state index contributed by atoms with van der Waals surface area (Å²) >= 11 is 0. The highest BCUT2D eigenvalue weighted by molar-refractivity contribution is 5.88. The van der Waals surface area contributed by atoms with Crippen LogP contribution in [-0.4, -0.2) is 48.3 Å². The third-order valence-electron chi connectivity index (χ3n) is 5.78. The average Bonchev–Trinajstić information content (AvgIpc) is 2.72. The lowest BCUT2D eigenvalue weighted by Crippen LogP contribution is -2.53. The molecule has 1 aliphatic rings. The van der Waals surface area contributed by atoms with Crippen molar-refractivity contribution in [2.75, 3.05) is 20.6 Å². The molecule has 0 aliphatic carbocycles. The Labute approximate surface area is 184 Å². The molecule has 0 saturated heterocycles. The molecule has 0 spiro atoms. The zero-order valence-electron chi connectivity index (χ0n) is 18.8. The molecule has 2 aromatic rings. The summed E-state index contributed by atoms with van der Waals surface area (Å²) in [7, 11) is 3.80. The van der Waals surface area contributed by atoms with Crippen LogP contribution in [0.3, 0.4) is 0 Å². The van der Waals surface area contributed by atoms with Crippen molar-refractivity contribution in [2.24, 2.45) is 5.92 Å². The molecule has 2 atom stereocenters. The van der Waals surface area contributed by atoms with Gasteiger partial charge in [0.1, 0.15) is 11.9 Å². The highest BCUT2D eigenvalue weighted by Crippen LogP contribution is 2.25. The topological polar surface area (TPSA) is 52.7 Å². The Morgan fingerprint density at radius 1 is 1.13 bits per heavy atom. The molecule has 2 amide bonds. The third kappa shape index (κ3) is 5.70. The number of likely N-dealkylation sites (N-methyl/N-ethyl adjacent to an activating group) is 1. The van der Waals surface area contributed by atoms with Gasteiger partial charge < -0.3 is 15.1 Å². The van der Waals surface area contributed by atoms with Gasteiger partial charge in [-0.1, -0.05) is 50.2 Å². The highest BCUT2D eigenvalue weighted by Gasteiger charge is 2.34. The Morgan fingerprint density at radius 2 is 1.84 bits per heavy atom. The molecular formula is C25H32FN3O2. The van der Waals surface area contributed by atoms with E-state index >= 15 is 0 Å². The largest absolute Gasteiger partial charge is 0.352 e. The van der Waals surface area contributed by atoms with Crippen molar-refractivity contribution in [3.05, 3.63) is 71.0 Å². The van der Waals surface area contributed by atoms with E-state index in [0.29, 0.717) is 25.9 Å². The molecule has 0 bridgehead atoms. The molecule has 1 N–H and O–H groups in total. The summed E-state index contributed by atoms with van der Waals surface area (Å²) in [6.07, 6.45) is 0.911. The van der Waals surface area contributed by atoms with E-state index in [1.807, 2.05) is 63.2 Å². The molecular weight excluding hydrogens is 393 g/mol. The Balaban J connectivity index is 1.77. The number of benzene rings is 2. The normalized spacial score (nSPS) is 16.9. The van der Waals surface area contributed by atoms with Crippen LogP contribution in [0.15, 0.2) is 48.5 Å². The summed E-state index contributed by atoms with van der Waals surface area (Å²) in [4.78, 5) is 29.8. The van der Waals surface area contributed by atoms with Crippen LogP contribution in [0.25, 0.3) is 0 Å². The van der Waals surface area contributed by atoms with Crippen LogP contribution in [-0.2, 0) is 22.6 Å². The maximum Gasteiger partial charge on any atom is 0.243 e. The van der Waals surface area contributed by atoms with E-state index in [2.05, 4.69) is 5.32 Å². The Morgan fingerprint density at radius 3 is 2.48 bits per heavy atom. The highest BCUT2D eigenvalue weighted by atomic mass is 19.1. The minimum Gasteiger partial charge on any atom is -0.352 e. The zero-order valence-corrected chi connectivity index (χ0v) is 18.8. The number of amides is 2. The van der Waals surface area contributed by atoms with E-state index in [-0.39, 0.29) is 29.6 Å². The lowest BCUT2D eigenvalue weighted by molar-refractivity contribution is -0.142. The molecule has 2 unspecified atom stereocenters. The Hall–Kier alpha value is -2.73. The van der Waals surface area contributed by atoms with Crippen LogP contribution in [0.5, 0.6) is 0 Å². The zero-order chi connectivity index (χ0) is 22.5. The van der Waals surface area contributed by atoms with Gasteiger partial charge in [0.15, 0.2) is 0 Å². The predicted molar refractivity (Wildman–Crippen MR) is 120 cm³/mol. The summed E-state index contributed by atoms with van der Waals surface area (Å²) in [5.74, 6) is -0.252. The van der Waals surface area contributed by atoms with Crippen LogP contribution in [0.2, 0.25) is 0 Å². The van der Waals surface area contributed by atoms with Crippen LogP contribution in [0.1, 0.15) is 43.0 Å². The third-order valence-corrected chi connectivity index (χ3v) is 5.78. The van der Waals surface area contributed by atoms with Gasteiger partial charge in [0.25, 0.3) is 0 Å². The smallest absolute Gasteiger partial charge is 0.243 e. The molecule has 5 nitrogen and oxygen atoms in total. The summed E-state index contributed by atoms with van der Waals surface area (Å²) in [6.45, 7) is 4.79. The van der Waals surface area contributed by atoms with Gasteiger partial charge >= 0.3 is 0 Å². The van der Waals surface area contributed by atoms with E-state index in [1.165, 1.54) is 12.1 Å². The standard InChI is InChI=1S/C25H32FN3O2/c1-17(2)12-24(30)29-16-20-9-6-5-8-18(20)14-22(29)25(31)27-15-23(28(3)4)19-10-7-11-21(26)13-19/h5-11,13,17,22-23H,12,14-16H2,1-4H3,(H,27,31). The number of carbonyl (C=O) groups is 2.